The van der Waals surface area contributed by atoms with Crippen LogP contribution in [0.3, 0.4) is 0 Å². The molecule has 2 rings (SSSR count). The van der Waals surface area contributed by atoms with Crippen LogP contribution in [0.5, 0.6) is 0 Å². The lowest BCUT2D eigenvalue weighted by atomic mass is 10.1. The predicted octanol–water partition coefficient (Wildman–Crippen LogP) is 0.588. The summed E-state index contributed by atoms with van der Waals surface area (Å²) in [5, 5.41) is 0. The van der Waals surface area contributed by atoms with Gasteiger partial charge in [0.05, 0.1) is 11.9 Å². The van der Waals surface area contributed by atoms with Gasteiger partial charge in [-0.3, -0.25) is 0 Å². The number of hydrogen-bond donors (Lipinski definition) is 1. The van der Waals surface area contributed by atoms with Crippen molar-refractivity contribution in [3.63, 3.8) is 0 Å². The molecule has 108 valence electrons. The van der Waals surface area contributed by atoms with Gasteiger partial charge in [0.25, 0.3) is 0 Å². The Morgan fingerprint density at radius 2 is 2.06 bits per heavy atom. The molecule has 0 saturated carbocycles. The molecule has 2 saturated heterocycles. The predicted molar refractivity (Wildman–Crippen MR) is 73.4 cm³/mol. The van der Waals surface area contributed by atoms with Crippen LogP contribution in [0.4, 0.5) is 0 Å². The van der Waals surface area contributed by atoms with E-state index in [0.29, 0.717) is 32.2 Å². The van der Waals surface area contributed by atoms with Crippen molar-refractivity contribution in [3.05, 3.63) is 0 Å². The van der Waals surface area contributed by atoms with E-state index < -0.39 is 10.0 Å². The fraction of sp³-hybridized carbons (Fsp3) is 1.00. The second kappa shape index (κ2) is 7.05. The summed E-state index contributed by atoms with van der Waals surface area (Å²) in [5.74, 6) is 0.474. The molecule has 0 aromatic rings. The highest BCUT2D eigenvalue weighted by atomic mass is 35.5. The first-order valence-corrected chi connectivity index (χ1v) is 8.02. The van der Waals surface area contributed by atoms with Crippen LogP contribution >= 0.6 is 12.4 Å². The van der Waals surface area contributed by atoms with Crippen molar-refractivity contribution in [3.8, 4) is 0 Å². The van der Waals surface area contributed by atoms with Crippen molar-refractivity contribution in [1.29, 1.82) is 0 Å². The Labute approximate surface area is 116 Å². The summed E-state index contributed by atoms with van der Waals surface area (Å²) >= 11 is 0. The molecule has 7 heteroatoms. The largest absolute Gasteiger partial charge is 0.377 e. The summed E-state index contributed by atoms with van der Waals surface area (Å²) in [6.07, 6.45) is 3.78. The number of nitrogens with two attached hydrogens (primary N) is 1. The minimum absolute atomic E-state index is 0. The maximum Gasteiger partial charge on any atom is 0.216 e. The maximum absolute atomic E-state index is 12.2. The van der Waals surface area contributed by atoms with Gasteiger partial charge in [-0.1, -0.05) is 0 Å². The zero-order valence-corrected chi connectivity index (χ0v) is 12.2. The van der Waals surface area contributed by atoms with Crippen molar-refractivity contribution in [1.82, 2.24) is 4.31 Å². The van der Waals surface area contributed by atoms with Gasteiger partial charge >= 0.3 is 0 Å². The Kier molecular flexibility index (Phi) is 6.34. The summed E-state index contributed by atoms with van der Waals surface area (Å²) in [6, 6.07) is 0. The molecule has 2 heterocycles. The molecule has 18 heavy (non-hydrogen) atoms. The molecule has 2 aliphatic heterocycles. The molecular weight excluding hydrogens is 276 g/mol. The molecule has 0 aromatic carbocycles. The maximum atomic E-state index is 12.2. The van der Waals surface area contributed by atoms with E-state index in [4.69, 9.17) is 10.5 Å². The third-order valence-electron chi connectivity index (χ3n) is 3.65. The normalized spacial score (nSPS) is 30.1. The van der Waals surface area contributed by atoms with Crippen LogP contribution in [0.1, 0.15) is 25.7 Å². The fourth-order valence-corrected chi connectivity index (χ4v) is 4.29. The van der Waals surface area contributed by atoms with Crippen molar-refractivity contribution in [2.45, 2.75) is 31.8 Å². The summed E-state index contributed by atoms with van der Waals surface area (Å²) in [7, 11) is -3.15. The second-order valence-corrected chi connectivity index (χ2v) is 7.03. The summed E-state index contributed by atoms with van der Waals surface area (Å²) in [5.41, 5.74) is 5.58. The van der Waals surface area contributed by atoms with E-state index in [1.165, 1.54) is 0 Å². The zero-order chi connectivity index (χ0) is 12.3. The third-order valence-corrected chi connectivity index (χ3v) is 5.56. The molecule has 0 spiro atoms. The molecular formula is C11H23ClN2O3S. The molecule has 0 bridgehead atoms. The van der Waals surface area contributed by atoms with Gasteiger partial charge in [-0.25, -0.2) is 12.7 Å². The Bertz CT molecular complexity index is 344. The average molecular weight is 299 g/mol. The summed E-state index contributed by atoms with van der Waals surface area (Å²) in [4.78, 5) is 0. The van der Waals surface area contributed by atoms with Crippen molar-refractivity contribution < 1.29 is 13.2 Å². The molecule has 0 aliphatic carbocycles. The lowest BCUT2D eigenvalue weighted by Gasteiger charge is -2.25. The van der Waals surface area contributed by atoms with Crippen LogP contribution in [0.2, 0.25) is 0 Å². The van der Waals surface area contributed by atoms with Crippen LogP contribution in [0, 0.1) is 5.92 Å². The molecule has 0 aromatic heterocycles. The van der Waals surface area contributed by atoms with E-state index >= 15 is 0 Å². The Balaban J connectivity index is 0.00000162. The Morgan fingerprint density at radius 1 is 1.28 bits per heavy atom. The molecule has 0 radical (unpaired) electrons. The Hall–Kier alpha value is 0.120. The van der Waals surface area contributed by atoms with E-state index in [9.17, 15) is 8.42 Å². The topological polar surface area (TPSA) is 72.6 Å². The number of halogens is 1. The van der Waals surface area contributed by atoms with Crippen LogP contribution in [0.25, 0.3) is 0 Å². The van der Waals surface area contributed by atoms with Gasteiger partial charge in [-0.2, -0.15) is 0 Å². The molecule has 5 nitrogen and oxygen atoms in total. The average Bonchev–Trinajstić information content (AvgIpc) is 2.79. The van der Waals surface area contributed by atoms with E-state index in [0.717, 1.165) is 25.7 Å². The number of rotatable bonds is 4. The van der Waals surface area contributed by atoms with Gasteiger partial charge in [0, 0.05) is 19.7 Å². The molecule has 2 unspecified atom stereocenters. The van der Waals surface area contributed by atoms with E-state index in [2.05, 4.69) is 0 Å². The van der Waals surface area contributed by atoms with Gasteiger partial charge in [-0.05, 0) is 38.1 Å². The number of ether oxygens (including phenoxy) is 1. The Morgan fingerprint density at radius 3 is 2.61 bits per heavy atom. The highest BCUT2D eigenvalue weighted by molar-refractivity contribution is 7.89. The van der Waals surface area contributed by atoms with E-state index in [-0.39, 0.29) is 24.3 Å². The molecule has 2 fully saturated rings. The van der Waals surface area contributed by atoms with Crippen LogP contribution < -0.4 is 5.73 Å². The van der Waals surface area contributed by atoms with Crippen LogP contribution in [-0.4, -0.2) is 50.8 Å². The van der Waals surface area contributed by atoms with Gasteiger partial charge in [-0.15, -0.1) is 12.4 Å². The van der Waals surface area contributed by atoms with Crippen molar-refractivity contribution in [2.75, 3.05) is 32.0 Å². The first-order chi connectivity index (χ1) is 8.12. The van der Waals surface area contributed by atoms with Crippen LogP contribution in [-0.2, 0) is 14.8 Å². The quantitative estimate of drug-likeness (QED) is 0.824. The highest BCUT2D eigenvalue weighted by Gasteiger charge is 2.33. The third kappa shape index (κ3) is 4.06. The standard InChI is InChI=1S/C11H22N2O3S.ClH/c12-7-10-4-5-13(8-10)17(14,15)9-11-3-1-2-6-16-11;/h10-11H,1-9,12H2;1H. The SMILES string of the molecule is Cl.NCC1CCN(S(=O)(=O)CC2CCCCO2)C1. The smallest absolute Gasteiger partial charge is 0.216 e. The van der Waals surface area contributed by atoms with Crippen molar-refractivity contribution in [2.24, 2.45) is 11.7 Å². The van der Waals surface area contributed by atoms with Crippen LogP contribution in [0.15, 0.2) is 0 Å². The van der Waals surface area contributed by atoms with Crippen molar-refractivity contribution >= 4 is 22.4 Å². The van der Waals surface area contributed by atoms with Gasteiger partial charge < -0.3 is 10.5 Å². The summed E-state index contributed by atoms with van der Waals surface area (Å²) in [6.45, 7) is 2.49. The zero-order valence-electron chi connectivity index (χ0n) is 10.6. The van der Waals surface area contributed by atoms with E-state index in [1.807, 2.05) is 0 Å². The lowest BCUT2D eigenvalue weighted by molar-refractivity contribution is 0.0299. The monoisotopic (exact) mass is 298 g/mol. The molecule has 0 amide bonds. The molecule has 2 N–H and O–H groups in total. The first kappa shape index (κ1) is 16.2. The lowest BCUT2D eigenvalue weighted by Crippen LogP contribution is -2.37. The fourth-order valence-electron chi connectivity index (χ4n) is 2.52. The second-order valence-electron chi connectivity index (χ2n) is 5.02. The van der Waals surface area contributed by atoms with E-state index in [1.54, 1.807) is 4.31 Å². The highest BCUT2D eigenvalue weighted by Crippen LogP contribution is 2.21. The number of nitrogens with zero attached hydrogens (tertiary/aromatic N) is 1. The van der Waals surface area contributed by atoms with Gasteiger partial charge in [0.1, 0.15) is 0 Å². The summed E-state index contributed by atoms with van der Waals surface area (Å²) < 4.78 is 31.4. The minimum atomic E-state index is -3.15. The molecule has 2 aliphatic rings. The first-order valence-electron chi connectivity index (χ1n) is 6.41. The number of sulfonamides is 1. The minimum Gasteiger partial charge on any atom is -0.377 e. The van der Waals surface area contributed by atoms with Gasteiger partial charge in [0.2, 0.25) is 10.0 Å². The molecule has 2 atom stereocenters. The van der Waals surface area contributed by atoms with Gasteiger partial charge in [0.15, 0.2) is 0 Å². The number of hydrogen-bond acceptors (Lipinski definition) is 4.